The highest BCUT2D eigenvalue weighted by atomic mass is 16.3. The molecule has 136 valence electrons. The topological polar surface area (TPSA) is 29.9 Å². The van der Waals surface area contributed by atoms with Crippen LogP contribution in [0, 0.1) is 13.8 Å². The van der Waals surface area contributed by atoms with Crippen LogP contribution in [-0.2, 0) is 7.05 Å². The molecule has 1 fully saturated rings. The van der Waals surface area contributed by atoms with Gasteiger partial charge in [0.2, 0.25) is 11.4 Å². The molecule has 1 aliphatic rings. The third-order valence-electron chi connectivity index (χ3n) is 5.36. The number of aromatic nitrogens is 2. The first-order chi connectivity index (χ1) is 15.4. The number of furan rings is 1. The molecule has 0 amide bonds. The lowest BCUT2D eigenvalue weighted by atomic mass is 10.00. The van der Waals surface area contributed by atoms with Gasteiger partial charge in [-0.3, -0.25) is 0 Å². The first-order valence-electron chi connectivity index (χ1n) is 12.3. The molecule has 0 bridgehead atoms. The van der Waals surface area contributed by atoms with E-state index >= 15 is 0 Å². The molecule has 0 saturated heterocycles. The molecule has 5 rings (SSSR count). The van der Waals surface area contributed by atoms with Gasteiger partial charge in [-0.15, -0.1) is 0 Å². The molecule has 0 N–H and O–H groups in total. The lowest BCUT2D eigenvalue weighted by molar-refractivity contribution is -0.660. The van der Waals surface area contributed by atoms with Gasteiger partial charge in [-0.2, -0.15) is 0 Å². The molecule has 4 aromatic rings. The predicted octanol–water partition coefficient (Wildman–Crippen LogP) is 5.75. The van der Waals surface area contributed by atoms with Gasteiger partial charge in [0.05, 0.1) is 5.56 Å². The maximum Gasteiger partial charge on any atom is 0.227 e. The van der Waals surface area contributed by atoms with Crippen molar-refractivity contribution >= 4 is 22.1 Å². The average Bonchev–Trinajstić information content (AvgIpc) is 3.24. The summed E-state index contributed by atoms with van der Waals surface area (Å²) < 4.78 is 56.5. The minimum atomic E-state index is -2.19. The third-order valence-corrected chi connectivity index (χ3v) is 5.36. The van der Waals surface area contributed by atoms with E-state index in [0.29, 0.717) is 36.3 Å². The van der Waals surface area contributed by atoms with Crippen LogP contribution in [0.5, 0.6) is 0 Å². The Morgan fingerprint density at radius 1 is 1.19 bits per heavy atom. The molecule has 3 heteroatoms. The number of nitrogens with zero attached hydrogens (tertiary/aromatic N) is 2. The van der Waals surface area contributed by atoms with E-state index in [1.54, 1.807) is 29.0 Å². The quantitative estimate of drug-likeness (QED) is 0.425. The van der Waals surface area contributed by atoms with Crippen LogP contribution in [0.25, 0.3) is 33.3 Å². The monoisotopic (exact) mass is 363 g/mol. The fourth-order valence-corrected chi connectivity index (χ4v) is 3.98. The zero-order chi connectivity index (χ0) is 23.8. The van der Waals surface area contributed by atoms with Crippen molar-refractivity contribution < 1.29 is 17.2 Å². The van der Waals surface area contributed by atoms with Gasteiger partial charge in [0.15, 0.2) is 11.8 Å². The normalized spacial score (nSPS) is 25.6. The number of fused-ring (bicyclic) bond motifs is 3. The summed E-state index contributed by atoms with van der Waals surface area (Å²) >= 11 is 0. The van der Waals surface area contributed by atoms with Crippen molar-refractivity contribution in [1.29, 1.82) is 0 Å². The molecular formula is C24H25N2O+. The van der Waals surface area contributed by atoms with E-state index in [0.717, 1.165) is 27.6 Å². The standard InChI is InChI=1S/C24H25N2O/c1-15-8-13-21(26(3)14-15)22-16(2)9-10-18-19-11-12-20(17-6-4-5-7-17)25-24(19)27-23(18)22/h8-14,17H,4-7H2,1-3H3/q+1/i1D3,6D2,17D. The second-order valence-corrected chi connectivity index (χ2v) is 7.21. The number of pyridine rings is 2. The van der Waals surface area contributed by atoms with E-state index in [2.05, 4.69) is 4.98 Å². The summed E-state index contributed by atoms with van der Waals surface area (Å²) in [5.41, 5.74) is 4.32. The van der Waals surface area contributed by atoms with E-state index in [-0.39, 0.29) is 5.56 Å². The van der Waals surface area contributed by atoms with Crippen molar-refractivity contribution in [3.8, 4) is 11.3 Å². The zero-order valence-corrected chi connectivity index (χ0v) is 15.5. The summed E-state index contributed by atoms with van der Waals surface area (Å²) in [5.74, 6) is -1.39. The van der Waals surface area contributed by atoms with E-state index in [1.165, 1.54) is 0 Å². The molecule has 1 saturated carbocycles. The Balaban J connectivity index is 1.71. The van der Waals surface area contributed by atoms with Crippen LogP contribution in [0.1, 0.15) is 56.6 Å². The fraction of sp³-hybridized carbons (Fsp3) is 0.333. The van der Waals surface area contributed by atoms with Gasteiger partial charge in [-0.05, 0) is 50.3 Å². The van der Waals surface area contributed by atoms with Crippen LogP contribution < -0.4 is 4.57 Å². The van der Waals surface area contributed by atoms with E-state index in [4.69, 9.17) is 12.6 Å². The summed E-state index contributed by atoms with van der Waals surface area (Å²) in [6, 6.07) is 11.0. The lowest BCUT2D eigenvalue weighted by Gasteiger charge is -2.06. The summed E-state index contributed by atoms with van der Waals surface area (Å²) in [6.45, 7) is -0.210. The molecule has 1 unspecified atom stereocenters. The molecule has 1 atom stereocenters. The van der Waals surface area contributed by atoms with Gasteiger partial charge >= 0.3 is 0 Å². The van der Waals surface area contributed by atoms with Gasteiger partial charge in [-0.1, -0.05) is 25.0 Å². The van der Waals surface area contributed by atoms with Crippen molar-refractivity contribution in [1.82, 2.24) is 4.98 Å². The molecule has 0 aliphatic heterocycles. The Hall–Kier alpha value is -2.68. The number of rotatable bonds is 2. The smallest absolute Gasteiger partial charge is 0.227 e. The van der Waals surface area contributed by atoms with Crippen molar-refractivity contribution in [2.45, 2.75) is 45.3 Å². The van der Waals surface area contributed by atoms with E-state index in [1.807, 2.05) is 32.2 Å². The summed E-state index contributed by atoms with van der Waals surface area (Å²) in [7, 11) is 1.81. The fourth-order valence-electron chi connectivity index (χ4n) is 3.98. The van der Waals surface area contributed by atoms with Gasteiger partial charge < -0.3 is 4.42 Å². The summed E-state index contributed by atoms with van der Waals surface area (Å²) in [5, 5.41) is 1.68. The van der Waals surface area contributed by atoms with Crippen molar-refractivity contribution in [3.05, 3.63) is 59.4 Å². The van der Waals surface area contributed by atoms with E-state index in [9.17, 15) is 0 Å². The minimum absolute atomic E-state index is 0.265. The zero-order valence-electron chi connectivity index (χ0n) is 21.5. The maximum absolute atomic E-state index is 8.82. The van der Waals surface area contributed by atoms with Crippen LogP contribution in [0.2, 0.25) is 0 Å². The van der Waals surface area contributed by atoms with Crippen molar-refractivity contribution in [3.63, 3.8) is 0 Å². The Morgan fingerprint density at radius 2 is 2.07 bits per heavy atom. The molecule has 0 spiro atoms. The van der Waals surface area contributed by atoms with Gasteiger partial charge in [-0.25, -0.2) is 9.55 Å². The van der Waals surface area contributed by atoms with Crippen molar-refractivity contribution in [2.75, 3.05) is 0 Å². The number of aryl methyl sites for hydroxylation is 3. The second-order valence-electron chi connectivity index (χ2n) is 7.21. The second kappa shape index (κ2) is 6.19. The molecule has 27 heavy (non-hydrogen) atoms. The Bertz CT molecular complexity index is 1410. The lowest BCUT2D eigenvalue weighted by Crippen LogP contribution is -2.31. The maximum atomic E-state index is 8.82. The van der Waals surface area contributed by atoms with Crippen LogP contribution >= 0.6 is 0 Å². The molecule has 1 aliphatic carbocycles. The Labute approximate surface area is 168 Å². The largest absolute Gasteiger partial charge is 0.437 e. The third kappa shape index (κ3) is 2.64. The Morgan fingerprint density at radius 3 is 2.85 bits per heavy atom. The highest BCUT2D eigenvalue weighted by Crippen LogP contribution is 2.38. The number of hydrogen-bond donors (Lipinski definition) is 0. The van der Waals surface area contributed by atoms with Gasteiger partial charge in [0, 0.05) is 42.2 Å². The molecule has 0 radical (unpaired) electrons. The van der Waals surface area contributed by atoms with Crippen LogP contribution in [0.15, 0.2) is 47.0 Å². The molecular weight excluding hydrogens is 332 g/mol. The SMILES string of the molecule is [2H]C([2H])([2H])c1ccc(-c2c(C)ccc3c2oc2nc(C4([2H])CCCC4([2H])[2H])ccc23)[n+](C)c1. The van der Waals surface area contributed by atoms with Gasteiger partial charge in [0.25, 0.3) is 0 Å². The predicted molar refractivity (Wildman–Crippen MR) is 109 cm³/mol. The Kier molecular flexibility index (Phi) is 2.57. The molecule has 3 nitrogen and oxygen atoms in total. The summed E-state index contributed by atoms with van der Waals surface area (Å²) in [4.78, 5) is 4.62. The molecule has 3 aromatic heterocycles. The van der Waals surface area contributed by atoms with E-state index < -0.39 is 19.1 Å². The highest BCUT2D eigenvalue weighted by molar-refractivity contribution is 6.08. The first-order valence-corrected chi connectivity index (χ1v) is 9.26. The van der Waals surface area contributed by atoms with Crippen LogP contribution in [0.4, 0.5) is 0 Å². The number of hydrogen-bond acceptors (Lipinski definition) is 2. The van der Waals surface area contributed by atoms with Crippen LogP contribution in [-0.4, -0.2) is 4.98 Å². The summed E-state index contributed by atoms with van der Waals surface area (Å²) in [6.07, 6.45) is 1.41. The van der Waals surface area contributed by atoms with Crippen molar-refractivity contribution in [2.24, 2.45) is 7.05 Å². The average molecular weight is 364 g/mol. The molecule has 1 aromatic carbocycles. The minimum Gasteiger partial charge on any atom is -0.437 e. The first kappa shape index (κ1) is 11.2. The molecule has 3 heterocycles. The van der Waals surface area contributed by atoms with Gasteiger partial charge in [0.1, 0.15) is 7.05 Å². The van der Waals surface area contributed by atoms with Crippen LogP contribution in [0.3, 0.4) is 0 Å². The highest BCUT2D eigenvalue weighted by Gasteiger charge is 2.23. The number of benzene rings is 1.